The third-order valence-corrected chi connectivity index (χ3v) is 3.01. The molecule has 1 rings (SSSR count). The highest BCUT2D eigenvalue weighted by atomic mass is 16.1. The van der Waals surface area contributed by atoms with Gasteiger partial charge < -0.3 is 15.5 Å². The number of rotatable bonds is 6. The molecule has 1 saturated heterocycles. The first kappa shape index (κ1) is 12.5. The van der Waals surface area contributed by atoms with Crippen LogP contribution in [0.25, 0.3) is 0 Å². The molecule has 1 fully saturated rings. The van der Waals surface area contributed by atoms with Crippen LogP contribution in [0.3, 0.4) is 0 Å². The van der Waals surface area contributed by atoms with Crippen LogP contribution in [0.1, 0.15) is 19.8 Å². The van der Waals surface area contributed by atoms with E-state index in [-0.39, 0.29) is 5.91 Å². The molecule has 2 N–H and O–H groups in total. The van der Waals surface area contributed by atoms with Crippen LogP contribution in [0.4, 0.5) is 0 Å². The molecule has 0 aromatic carbocycles. The van der Waals surface area contributed by atoms with Crippen molar-refractivity contribution in [2.24, 2.45) is 5.92 Å². The Morgan fingerprint density at radius 1 is 1.53 bits per heavy atom. The molecular weight excluding hydrogens is 190 g/mol. The first-order chi connectivity index (χ1) is 7.26. The van der Waals surface area contributed by atoms with Crippen molar-refractivity contribution in [2.45, 2.75) is 19.8 Å². The van der Waals surface area contributed by atoms with Crippen LogP contribution < -0.4 is 10.6 Å². The largest absolute Gasteiger partial charge is 0.356 e. The highest BCUT2D eigenvalue weighted by molar-refractivity contribution is 5.76. The molecule has 1 unspecified atom stereocenters. The second kappa shape index (κ2) is 6.80. The Morgan fingerprint density at radius 3 is 2.93 bits per heavy atom. The highest BCUT2D eigenvalue weighted by Gasteiger charge is 2.21. The SMILES string of the molecule is CCN1CCC(CNC(=O)CCNC)C1. The van der Waals surface area contributed by atoms with Crippen molar-refractivity contribution in [3.8, 4) is 0 Å². The summed E-state index contributed by atoms with van der Waals surface area (Å²) in [6.07, 6.45) is 1.81. The normalized spacial score (nSPS) is 21.9. The number of carbonyl (C=O) groups excluding carboxylic acids is 1. The highest BCUT2D eigenvalue weighted by Crippen LogP contribution is 2.14. The predicted octanol–water partition coefficient (Wildman–Crippen LogP) is 0.0539. The Labute approximate surface area is 92.4 Å². The summed E-state index contributed by atoms with van der Waals surface area (Å²) in [5, 5.41) is 5.97. The summed E-state index contributed by atoms with van der Waals surface area (Å²) < 4.78 is 0. The quantitative estimate of drug-likeness (QED) is 0.655. The summed E-state index contributed by atoms with van der Waals surface area (Å²) in [6, 6.07) is 0. The van der Waals surface area contributed by atoms with Crippen LogP contribution in [-0.2, 0) is 4.79 Å². The van der Waals surface area contributed by atoms with E-state index < -0.39 is 0 Å². The van der Waals surface area contributed by atoms with E-state index in [2.05, 4.69) is 22.5 Å². The number of likely N-dealkylation sites (tertiary alicyclic amines) is 1. The van der Waals surface area contributed by atoms with Gasteiger partial charge in [0.1, 0.15) is 0 Å². The minimum absolute atomic E-state index is 0.166. The minimum atomic E-state index is 0.166. The topological polar surface area (TPSA) is 44.4 Å². The van der Waals surface area contributed by atoms with Crippen molar-refractivity contribution in [3.63, 3.8) is 0 Å². The maximum absolute atomic E-state index is 11.3. The molecule has 1 aliphatic heterocycles. The molecule has 0 saturated carbocycles. The molecule has 88 valence electrons. The van der Waals surface area contributed by atoms with Crippen LogP contribution in [0.2, 0.25) is 0 Å². The summed E-state index contributed by atoms with van der Waals surface area (Å²) in [7, 11) is 1.86. The molecule has 4 nitrogen and oxygen atoms in total. The van der Waals surface area contributed by atoms with E-state index in [1.54, 1.807) is 0 Å². The van der Waals surface area contributed by atoms with Gasteiger partial charge in [-0.1, -0.05) is 6.92 Å². The van der Waals surface area contributed by atoms with Gasteiger partial charge in [0.2, 0.25) is 5.91 Å². The fourth-order valence-corrected chi connectivity index (χ4v) is 1.95. The van der Waals surface area contributed by atoms with Crippen molar-refractivity contribution in [2.75, 3.05) is 39.8 Å². The van der Waals surface area contributed by atoms with E-state index >= 15 is 0 Å². The summed E-state index contributed by atoms with van der Waals surface area (Å²) in [5.41, 5.74) is 0. The maximum Gasteiger partial charge on any atom is 0.221 e. The van der Waals surface area contributed by atoms with E-state index in [0.717, 1.165) is 26.2 Å². The van der Waals surface area contributed by atoms with E-state index in [4.69, 9.17) is 0 Å². The van der Waals surface area contributed by atoms with Gasteiger partial charge in [0.15, 0.2) is 0 Å². The smallest absolute Gasteiger partial charge is 0.221 e. The van der Waals surface area contributed by atoms with E-state index in [1.807, 2.05) is 7.05 Å². The van der Waals surface area contributed by atoms with E-state index in [9.17, 15) is 4.79 Å². The maximum atomic E-state index is 11.3. The lowest BCUT2D eigenvalue weighted by molar-refractivity contribution is -0.121. The lowest BCUT2D eigenvalue weighted by Gasteiger charge is -2.13. The Bertz CT molecular complexity index is 196. The molecule has 0 aromatic rings. The Morgan fingerprint density at radius 2 is 2.33 bits per heavy atom. The molecule has 1 amide bonds. The number of amides is 1. The second-order valence-electron chi connectivity index (χ2n) is 4.21. The zero-order valence-electron chi connectivity index (χ0n) is 9.88. The van der Waals surface area contributed by atoms with Gasteiger partial charge >= 0.3 is 0 Å². The van der Waals surface area contributed by atoms with Crippen molar-refractivity contribution < 1.29 is 4.79 Å². The molecule has 0 spiro atoms. The summed E-state index contributed by atoms with van der Waals surface area (Å²) in [6.45, 7) is 7.26. The van der Waals surface area contributed by atoms with Crippen molar-refractivity contribution >= 4 is 5.91 Å². The van der Waals surface area contributed by atoms with Crippen molar-refractivity contribution in [3.05, 3.63) is 0 Å². The predicted molar refractivity (Wildman–Crippen MR) is 61.8 cm³/mol. The zero-order chi connectivity index (χ0) is 11.1. The Hall–Kier alpha value is -0.610. The molecule has 15 heavy (non-hydrogen) atoms. The molecule has 1 aliphatic rings. The van der Waals surface area contributed by atoms with Crippen LogP contribution in [0.5, 0.6) is 0 Å². The molecule has 0 bridgehead atoms. The van der Waals surface area contributed by atoms with Gasteiger partial charge in [0, 0.05) is 26.1 Å². The lowest BCUT2D eigenvalue weighted by atomic mass is 10.1. The van der Waals surface area contributed by atoms with Crippen LogP contribution in [-0.4, -0.2) is 50.6 Å². The number of nitrogens with one attached hydrogen (secondary N) is 2. The first-order valence-electron chi connectivity index (χ1n) is 5.90. The second-order valence-corrected chi connectivity index (χ2v) is 4.21. The summed E-state index contributed by atoms with van der Waals surface area (Å²) in [4.78, 5) is 13.8. The fourth-order valence-electron chi connectivity index (χ4n) is 1.95. The fraction of sp³-hybridized carbons (Fsp3) is 0.909. The van der Waals surface area contributed by atoms with Crippen LogP contribution in [0.15, 0.2) is 0 Å². The van der Waals surface area contributed by atoms with Crippen LogP contribution >= 0.6 is 0 Å². The van der Waals surface area contributed by atoms with Gasteiger partial charge in [-0.25, -0.2) is 0 Å². The van der Waals surface area contributed by atoms with Gasteiger partial charge in [-0.15, -0.1) is 0 Å². The Balaban J connectivity index is 2.07. The number of carbonyl (C=O) groups is 1. The minimum Gasteiger partial charge on any atom is -0.356 e. The summed E-state index contributed by atoms with van der Waals surface area (Å²) >= 11 is 0. The average Bonchev–Trinajstić information content (AvgIpc) is 2.71. The molecule has 1 heterocycles. The van der Waals surface area contributed by atoms with Gasteiger partial charge in [-0.05, 0) is 32.5 Å². The monoisotopic (exact) mass is 213 g/mol. The van der Waals surface area contributed by atoms with Gasteiger partial charge in [0.05, 0.1) is 0 Å². The lowest BCUT2D eigenvalue weighted by Crippen LogP contribution is -2.32. The zero-order valence-corrected chi connectivity index (χ0v) is 9.88. The van der Waals surface area contributed by atoms with Crippen LogP contribution in [0, 0.1) is 5.92 Å². The van der Waals surface area contributed by atoms with E-state index in [1.165, 1.54) is 13.0 Å². The average molecular weight is 213 g/mol. The first-order valence-corrected chi connectivity index (χ1v) is 5.90. The number of nitrogens with zero attached hydrogens (tertiary/aromatic N) is 1. The molecule has 0 radical (unpaired) electrons. The van der Waals surface area contributed by atoms with Gasteiger partial charge in [-0.3, -0.25) is 4.79 Å². The molecule has 0 aliphatic carbocycles. The third kappa shape index (κ3) is 4.62. The molecular formula is C11H23N3O. The Kier molecular flexibility index (Phi) is 5.65. The van der Waals surface area contributed by atoms with Crippen molar-refractivity contribution in [1.29, 1.82) is 0 Å². The van der Waals surface area contributed by atoms with Gasteiger partial charge in [0.25, 0.3) is 0 Å². The third-order valence-electron chi connectivity index (χ3n) is 3.01. The standard InChI is InChI=1S/C11H23N3O/c1-3-14-7-5-10(9-14)8-13-11(15)4-6-12-2/h10,12H,3-9H2,1-2H3,(H,13,15). The number of hydrogen-bond donors (Lipinski definition) is 2. The van der Waals surface area contributed by atoms with Gasteiger partial charge in [-0.2, -0.15) is 0 Å². The van der Waals surface area contributed by atoms with E-state index in [0.29, 0.717) is 12.3 Å². The van der Waals surface area contributed by atoms with Crippen molar-refractivity contribution in [1.82, 2.24) is 15.5 Å². The molecule has 1 atom stereocenters. The summed E-state index contributed by atoms with van der Waals surface area (Å²) in [5.74, 6) is 0.822. The molecule has 0 aromatic heterocycles. The number of hydrogen-bond acceptors (Lipinski definition) is 3. The molecule has 4 heteroatoms.